The number of halogens is 1. The number of aromatic amines is 1. The molecular formula is C6H4ClN3S. The molecule has 5 heteroatoms. The quantitative estimate of drug-likeness (QED) is 0.740. The van der Waals surface area contributed by atoms with Gasteiger partial charge >= 0.3 is 0 Å². The summed E-state index contributed by atoms with van der Waals surface area (Å²) in [4.78, 5) is 3.96. The van der Waals surface area contributed by atoms with Crippen LogP contribution >= 0.6 is 22.9 Å². The predicted molar refractivity (Wildman–Crippen MR) is 44.7 cm³/mol. The van der Waals surface area contributed by atoms with Gasteiger partial charge in [0.05, 0.1) is 0 Å². The van der Waals surface area contributed by atoms with Gasteiger partial charge in [-0.2, -0.15) is 21.4 Å². The Morgan fingerprint density at radius 1 is 1.55 bits per heavy atom. The van der Waals surface area contributed by atoms with Crippen LogP contribution in [0.4, 0.5) is 0 Å². The summed E-state index contributed by atoms with van der Waals surface area (Å²) in [5, 5.41) is 10.7. The molecule has 0 amide bonds. The van der Waals surface area contributed by atoms with E-state index in [1.807, 2.05) is 16.8 Å². The fourth-order valence-electron chi connectivity index (χ4n) is 0.763. The normalized spacial score (nSPS) is 10.3. The van der Waals surface area contributed by atoms with E-state index in [2.05, 4.69) is 15.2 Å². The first-order valence-electron chi connectivity index (χ1n) is 2.97. The van der Waals surface area contributed by atoms with Crippen LogP contribution in [0.15, 0.2) is 16.8 Å². The van der Waals surface area contributed by atoms with Crippen LogP contribution in [0.3, 0.4) is 0 Å². The Hall–Kier alpha value is -0.870. The van der Waals surface area contributed by atoms with Gasteiger partial charge in [-0.1, -0.05) is 0 Å². The van der Waals surface area contributed by atoms with Crippen LogP contribution in [0, 0.1) is 0 Å². The summed E-state index contributed by atoms with van der Waals surface area (Å²) < 4.78 is 0. The molecule has 0 aliphatic heterocycles. The summed E-state index contributed by atoms with van der Waals surface area (Å²) in [5.41, 5.74) is 0.998. The van der Waals surface area contributed by atoms with E-state index in [1.165, 1.54) is 0 Å². The molecule has 0 saturated heterocycles. The number of rotatable bonds is 1. The summed E-state index contributed by atoms with van der Waals surface area (Å²) in [6.45, 7) is 0. The fourth-order valence-corrected chi connectivity index (χ4v) is 1.52. The lowest BCUT2D eigenvalue weighted by atomic mass is 10.3. The molecule has 0 aliphatic rings. The average molecular weight is 186 g/mol. The van der Waals surface area contributed by atoms with Crippen LogP contribution in [-0.2, 0) is 0 Å². The molecule has 2 rings (SSSR count). The van der Waals surface area contributed by atoms with Crippen molar-refractivity contribution in [3.05, 3.63) is 22.1 Å². The highest BCUT2D eigenvalue weighted by Crippen LogP contribution is 2.18. The largest absolute Gasteiger partial charge is 0.249 e. The van der Waals surface area contributed by atoms with Crippen molar-refractivity contribution >= 4 is 22.9 Å². The minimum atomic E-state index is 0.325. The van der Waals surface area contributed by atoms with E-state index in [0.29, 0.717) is 11.1 Å². The van der Waals surface area contributed by atoms with Crippen LogP contribution in [0.5, 0.6) is 0 Å². The minimum Gasteiger partial charge on any atom is -0.249 e. The summed E-state index contributed by atoms with van der Waals surface area (Å²) in [5.74, 6) is 0.649. The highest BCUT2D eigenvalue weighted by molar-refractivity contribution is 7.08. The molecule has 0 unspecified atom stereocenters. The number of nitrogens with zero attached hydrogens (tertiary/aromatic N) is 2. The standard InChI is InChI=1S/C6H4ClN3S/c7-6-8-5(9-10-6)4-1-2-11-3-4/h1-3H,(H,8,9,10). The van der Waals surface area contributed by atoms with Crippen molar-refractivity contribution in [2.45, 2.75) is 0 Å². The zero-order chi connectivity index (χ0) is 7.68. The molecule has 2 heterocycles. The summed E-state index contributed by atoms with van der Waals surface area (Å²) >= 11 is 7.16. The number of H-pyrrole nitrogens is 1. The van der Waals surface area contributed by atoms with E-state index >= 15 is 0 Å². The zero-order valence-corrected chi connectivity index (χ0v) is 6.99. The molecule has 56 valence electrons. The Bertz CT molecular complexity index is 340. The Morgan fingerprint density at radius 2 is 2.45 bits per heavy atom. The molecule has 2 aromatic heterocycles. The van der Waals surface area contributed by atoms with Crippen LogP contribution < -0.4 is 0 Å². The summed E-state index contributed by atoms with van der Waals surface area (Å²) in [7, 11) is 0. The van der Waals surface area contributed by atoms with Crippen molar-refractivity contribution in [3.63, 3.8) is 0 Å². The fraction of sp³-hybridized carbons (Fsp3) is 0. The second-order valence-corrected chi connectivity index (χ2v) is 3.10. The Kier molecular flexibility index (Phi) is 1.63. The Balaban J connectivity index is 2.45. The molecular weight excluding hydrogens is 182 g/mol. The zero-order valence-electron chi connectivity index (χ0n) is 5.41. The van der Waals surface area contributed by atoms with Gasteiger partial charge in [0, 0.05) is 10.9 Å². The first-order valence-corrected chi connectivity index (χ1v) is 4.29. The maximum absolute atomic E-state index is 5.55. The predicted octanol–water partition coefficient (Wildman–Crippen LogP) is 2.19. The van der Waals surface area contributed by atoms with Crippen molar-refractivity contribution in [3.8, 4) is 11.4 Å². The molecule has 3 nitrogen and oxygen atoms in total. The van der Waals surface area contributed by atoms with Gasteiger partial charge in [-0.15, -0.1) is 0 Å². The highest BCUT2D eigenvalue weighted by atomic mass is 35.5. The van der Waals surface area contributed by atoms with Crippen molar-refractivity contribution in [1.82, 2.24) is 15.2 Å². The second kappa shape index (κ2) is 2.64. The van der Waals surface area contributed by atoms with Crippen molar-refractivity contribution < 1.29 is 0 Å². The maximum atomic E-state index is 5.55. The highest BCUT2D eigenvalue weighted by Gasteiger charge is 2.02. The van der Waals surface area contributed by atoms with Crippen LogP contribution in [-0.4, -0.2) is 15.2 Å². The number of hydrogen-bond acceptors (Lipinski definition) is 3. The molecule has 11 heavy (non-hydrogen) atoms. The van der Waals surface area contributed by atoms with Gasteiger partial charge in [-0.3, -0.25) is 0 Å². The van der Waals surface area contributed by atoms with E-state index in [9.17, 15) is 0 Å². The van der Waals surface area contributed by atoms with Gasteiger partial charge in [0.1, 0.15) is 0 Å². The van der Waals surface area contributed by atoms with E-state index in [0.717, 1.165) is 5.56 Å². The Morgan fingerprint density at radius 3 is 3.00 bits per heavy atom. The molecule has 2 aromatic rings. The van der Waals surface area contributed by atoms with Gasteiger partial charge in [0.2, 0.25) is 5.28 Å². The number of thiophene rings is 1. The lowest BCUT2D eigenvalue weighted by Crippen LogP contribution is -1.74. The molecule has 0 bridgehead atoms. The molecule has 0 aliphatic carbocycles. The van der Waals surface area contributed by atoms with E-state index < -0.39 is 0 Å². The van der Waals surface area contributed by atoms with Crippen molar-refractivity contribution in [2.75, 3.05) is 0 Å². The molecule has 0 radical (unpaired) electrons. The van der Waals surface area contributed by atoms with Crippen molar-refractivity contribution in [2.24, 2.45) is 0 Å². The third-order valence-corrected chi connectivity index (χ3v) is 2.09. The van der Waals surface area contributed by atoms with Gasteiger partial charge < -0.3 is 0 Å². The van der Waals surface area contributed by atoms with Gasteiger partial charge in [0.25, 0.3) is 0 Å². The van der Waals surface area contributed by atoms with Crippen molar-refractivity contribution in [1.29, 1.82) is 0 Å². The molecule has 1 N–H and O–H groups in total. The molecule has 0 spiro atoms. The monoisotopic (exact) mass is 185 g/mol. The third kappa shape index (κ3) is 1.27. The molecule has 0 aromatic carbocycles. The first-order chi connectivity index (χ1) is 5.36. The first kappa shape index (κ1) is 6.82. The maximum Gasteiger partial charge on any atom is 0.218 e. The third-order valence-electron chi connectivity index (χ3n) is 1.24. The minimum absolute atomic E-state index is 0.325. The van der Waals surface area contributed by atoms with E-state index in [1.54, 1.807) is 11.3 Å². The van der Waals surface area contributed by atoms with E-state index in [4.69, 9.17) is 11.6 Å². The van der Waals surface area contributed by atoms with Gasteiger partial charge in [0.15, 0.2) is 5.82 Å². The molecule has 0 fully saturated rings. The van der Waals surface area contributed by atoms with Gasteiger partial charge in [-0.05, 0) is 23.0 Å². The lowest BCUT2D eigenvalue weighted by Gasteiger charge is -1.82. The van der Waals surface area contributed by atoms with Crippen LogP contribution in [0.25, 0.3) is 11.4 Å². The average Bonchev–Trinajstić information content (AvgIpc) is 2.55. The Labute approximate surface area is 72.0 Å². The number of nitrogens with one attached hydrogen (secondary N) is 1. The molecule has 0 atom stereocenters. The number of aromatic nitrogens is 3. The topological polar surface area (TPSA) is 41.6 Å². The SMILES string of the molecule is Clc1nc(-c2ccsc2)n[nH]1. The number of hydrogen-bond donors (Lipinski definition) is 1. The van der Waals surface area contributed by atoms with Gasteiger partial charge in [-0.25, -0.2) is 5.10 Å². The smallest absolute Gasteiger partial charge is 0.218 e. The van der Waals surface area contributed by atoms with Crippen LogP contribution in [0.1, 0.15) is 0 Å². The second-order valence-electron chi connectivity index (χ2n) is 1.96. The lowest BCUT2D eigenvalue weighted by molar-refractivity contribution is 1.10. The van der Waals surface area contributed by atoms with E-state index in [-0.39, 0.29) is 0 Å². The molecule has 0 saturated carbocycles. The summed E-state index contributed by atoms with van der Waals surface area (Å²) in [6, 6.07) is 1.95. The van der Waals surface area contributed by atoms with Crippen LogP contribution in [0.2, 0.25) is 5.28 Å². The summed E-state index contributed by atoms with van der Waals surface area (Å²) in [6.07, 6.45) is 0.